The molecule has 1 aliphatic heterocycles. The molecule has 1 amide bonds. The van der Waals surface area contributed by atoms with Crippen molar-refractivity contribution in [2.75, 3.05) is 19.1 Å². The normalized spacial score (nSPS) is 16.9. The van der Waals surface area contributed by atoms with Crippen LogP contribution in [-0.4, -0.2) is 42.0 Å². The van der Waals surface area contributed by atoms with Crippen LogP contribution < -0.4 is 9.64 Å². The van der Waals surface area contributed by atoms with Crippen molar-refractivity contribution in [2.45, 2.75) is 39.7 Å². The summed E-state index contributed by atoms with van der Waals surface area (Å²) in [7, 11) is 2.81. The second-order valence-corrected chi connectivity index (χ2v) is 10.1. The van der Waals surface area contributed by atoms with Gasteiger partial charge in [-0.15, -0.1) is 0 Å². The number of Topliss-reactive ketones (excluding diaryl/α,β-unsaturated/α-hetero) is 1. The lowest BCUT2D eigenvalue weighted by molar-refractivity contribution is -0.132. The molecule has 3 aromatic rings. The fourth-order valence-corrected chi connectivity index (χ4v) is 5.37. The second-order valence-electron chi connectivity index (χ2n) is 9.08. The highest BCUT2D eigenvalue weighted by molar-refractivity contribution is 7.17. The number of esters is 1. The van der Waals surface area contributed by atoms with E-state index in [2.05, 4.69) is 18.8 Å². The molecule has 4 rings (SSSR count). The number of ether oxygens (including phenoxy) is 2. The molecule has 0 saturated carbocycles. The van der Waals surface area contributed by atoms with Crippen LogP contribution in [0.2, 0.25) is 0 Å². The molecule has 1 N–H and O–H groups in total. The highest BCUT2D eigenvalue weighted by Gasteiger charge is 2.48. The van der Waals surface area contributed by atoms with Crippen LogP contribution in [0.25, 0.3) is 5.76 Å². The van der Waals surface area contributed by atoms with Crippen molar-refractivity contribution in [1.29, 1.82) is 0 Å². The number of aryl methyl sites for hydroxylation is 2. The van der Waals surface area contributed by atoms with Gasteiger partial charge < -0.3 is 14.6 Å². The van der Waals surface area contributed by atoms with Gasteiger partial charge >= 0.3 is 11.9 Å². The first-order chi connectivity index (χ1) is 17.6. The average Bonchev–Trinajstić information content (AvgIpc) is 3.39. The Hall–Kier alpha value is -3.98. The Kier molecular flexibility index (Phi) is 7.18. The zero-order valence-electron chi connectivity index (χ0n) is 21.5. The van der Waals surface area contributed by atoms with E-state index in [1.165, 1.54) is 12.0 Å². The summed E-state index contributed by atoms with van der Waals surface area (Å²) < 4.78 is 10.1. The third-order valence-corrected chi connectivity index (χ3v) is 7.53. The van der Waals surface area contributed by atoms with Gasteiger partial charge in [0.1, 0.15) is 16.4 Å². The maximum absolute atomic E-state index is 13.4. The van der Waals surface area contributed by atoms with E-state index in [0.717, 1.165) is 22.5 Å². The number of nitrogens with zero attached hydrogens (tertiary/aromatic N) is 2. The number of thiazole rings is 1. The predicted molar refractivity (Wildman–Crippen MR) is 141 cm³/mol. The third kappa shape index (κ3) is 4.62. The summed E-state index contributed by atoms with van der Waals surface area (Å²) >= 11 is 0.965. The van der Waals surface area contributed by atoms with Crippen LogP contribution in [0.1, 0.15) is 63.4 Å². The Balaban J connectivity index is 1.93. The van der Waals surface area contributed by atoms with Gasteiger partial charge in [-0.05, 0) is 54.7 Å². The number of aromatic nitrogens is 1. The summed E-state index contributed by atoms with van der Waals surface area (Å²) in [6, 6.07) is 11.6. The monoisotopic (exact) mass is 520 g/mol. The SMILES string of the molecule is COC(=O)c1sc(N2C(=O)C(=O)/C(=C(/O)c3ccc(OC)c(C)c3)[C@H]2c2ccc(C(C)C)cc2)nc1C. The minimum atomic E-state index is -0.945. The minimum Gasteiger partial charge on any atom is -0.507 e. The summed E-state index contributed by atoms with van der Waals surface area (Å²) in [6.45, 7) is 7.60. The topological polar surface area (TPSA) is 106 Å². The molecule has 2 heterocycles. The van der Waals surface area contributed by atoms with Gasteiger partial charge in [0, 0.05) is 5.56 Å². The quantitative estimate of drug-likeness (QED) is 0.203. The Morgan fingerprint density at radius 1 is 1.08 bits per heavy atom. The highest BCUT2D eigenvalue weighted by Crippen LogP contribution is 2.44. The lowest BCUT2D eigenvalue weighted by Crippen LogP contribution is -2.29. The predicted octanol–water partition coefficient (Wildman–Crippen LogP) is 5.30. The zero-order valence-corrected chi connectivity index (χ0v) is 22.3. The molecule has 9 heteroatoms. The number of aliphatic hydroxyl groups is 1. The van der Waals surface area contributed by atoms with E-state index in [-0.39, 0.29) is 27.3 Å². The largest absolute Gasteiger partial charge is 0.507 e. The Morgan fingerprint density at radius 2 is 1.76 bits per heavy atom. The maximum Gasteiger partial charge on any atom is 0.350 e. The number of hydrogen-bond donors (Lipinski definition) is 1. The Labute approximate surface area is 219 Å². The van der Waals surface area contributed by atoms with Crippen molar-refractivity contribution in [2.24, 2.45) is 0 Å². The average molecular weight is 521 g/mol. The maximum atomic E-state index is 13.4. The van der Waals surface area contributed by atoms with Crippen molar-refractivity contribution in [1.82, 2.24) is 4.98 Å². The number of rotatable bonds is 6. The van der Waals surface area contributed by atoms with E-state index < -0.39 is 23.7 Å². The fourth-order valence-electron chi connectivity index (χ4n) is 4.36. The van der Waals surface area contributed by atoms with Crippen LogP contribution in [-0.2, 0) is 14.3 Å². The Morgan fingerprint density at radius 3 is 2.32 bits per heavy atom. The van der Waals surface area contributed by atoms with Crippen molar-refractivity contribution in [3.8, 4) is 5.75 Å². The van der Waals surface area contributed by atoms with Crippen LogP contribution in [0.5, 0.6) is 5.75 Å². The molecular weight excluding hydrogens is 492 g/mol. The van der Waals surface area contributed by atoms with Crippen LogP contribution in [0.3, 0.4) is 0 Å². The van der Waals surface area contributed by atoms with E-state index in [1.807, 2.05) is 31.2 Å². The Bertz CT molecular complexity index is 1420. The van der Waals surface area contributed by atoms with Crippen molar-refractivity contribution < 1.29 is 29.0 Å². The summed E-state index contributed by atoms with van der Waals surface area (Å²) in [6.07, 6.45) is 0. The minimum absolute atomic E-state index is 0.0562. The van der Waals surface area contributed by atoms with Crippen molar-refractivity contribution in [3.63, 3.8) is 0 Å². The number of carbonyl (C=O) groups is 3. The zero-order chi connectivity index (χ0) is 27.0. The van der Waals surface area contributed by atoms with Gasteiger partial charge in [-0.2, -0.15) is 0 Å². The number of amides is 1. The summed E-state index contributed by atoms with van der Waals surface area (Å²) in [5, 5.41) is 11.5. The van der Waals surface area contributed by atoms with Crippen LogP contribution >= 0.6 is 11.3 Å². The second kappa shape index (κ2) is 10.2. The first-order valence-electron chi connectivity index (χ1n) is 11.7. The molecule has 37 heavy (non-hydrogen) atoms. The summed E-state index contributed by atoms with van der Waals surface area (Å²) in [5.41, 5.74) is 3.18. The number of ketones is 1. The first-order valence-corrected chi connectivity index (χ1v) is 12.5. The molecule has 1 fully saturated rings. The summed E-state index contributed by atoms with van der Waals surface area (Å²) in [5.74, 6) is -1.64. The number of anilines is 1. The van der Waals surface area contributed by atoms with Gasteiger partial charge in [0.25, 0.3) is 5.78 Å². The van der Waals surface area contributed by atoms with Crippen LogP contribution in [0, 0.1) is 13.8 Å². The highest BCUT2D eigenvalue weighted by atomic mass is 32.1. The van der Waals surface area contributed by atoms with E-state index in [1.54, 1.807) is 32.2 Å². The molecule has 1 saturated heterocycles. The fraction of sp³-hybridized carbons (Fsp3) is 0.286. The lowest BCUT2D eigenvalue weighted by Gasteiger charge is -2.23. The van der Waals surface area contributed by atoms with Gasteiger partial charge in [-0.1, -0.05) is 49.4 Å². The number of benzene rings is 2. The number of hydrogen-bond acceptors (Lipinski definition) is 8. The van der Waals surface area contributed by atoms with E-state index in [4.69, 9.17) is 9.47 Å². The van der Waals surface area contributed by atoms with Crippen molar-refractivity contribution >= 4 is 39.9 Å². The van der Waals surface area contributed by atoms with E-state index >= 15 is 0 Å². The first kappa shape index (κ1) is 26.1. The van der Waals surface area contributed by atoms with Crippen LogP contribution in [0.15, 0.2) is 48.0 Å². The van der Waals surface area contributed by atoms with E-state index in [0.29, 0.717) is 22.6 Å². The molecule has 1 aliphatic rings. The van der Waals surface area contributed by atoms with Gasteiger partial charge in [0.2, 0.25) is 0 Å². The van der Waals surface area contributed by atoms with Gasteiger partial charge in [0.15, 0.2) is 5.13 Å². The molecule has 2 aromatic carbocycles. The standard InChI is InChI=1S/C28H28N2O6S/c1-14(2)17-7-9-18(10-8-17)22-21(23(31)19-11-12-20(35-5)15(3)13-19)24(32)26(33)30(22)28-29-16(4)25(37-28)27(34)36-6/h7-14,22,31H,1-6H3/b23-21+/t22-/m1/s1. The van der Waals surface area contributed by atoms with Gasteiger partial charge in [-0.3, -0.25) is 14.5 Å². The summed E-state index contributed by atoms with van der Waals surface area (Å²) in [4.78, 5) is 44.9. The molecule has 0 radical (unpaired) electrons. The van der Waals surface area contributed by atoms with Gasteiger partial charge in [-0.25, -0.2) is 9.78 Å². The molecular formula is C28H28N2O6S. The number of methoxy groups -OCH3 is 2. The number of aliphatic hydroxyl groups excluding tert-OH is 1. The molecule has 8 nitrogen and oxygen atoms in total. The molecule has 0 aliphatic carbocycles. The molecule has 0 bridgehead atoms. The molecule has 192 valence electrons. The lowest BCUT2D eigenvalue weighted by atomic mass is 9.93. The molecule has 0 spiro atoms. The number of carbonyl (C=O) groups excluding carboxylic acids is 3. The molecule has 1 aromatic heterocycles. The van der Waals surface area contributed by atoms with Crippen molar-refractivity contribution in [3.05, 3.63) is 80.9 Å². The third-order valence-electron chi connectivity index (χ3n) is 6.39. The smallest absolute Gasteiger partial charge is 0.350 e. The molecule has 0 unspecified atom stereocenters. The molecule has 1 atom stereocenters. The van der Waals surface area contributed by atoms with E-state index in [9.17, 15) is 19.5 Å². The van der Waals surface area contributed by atoms with Crippen LogP contribution in [0.4, 0.5) is 5.13 Å². The van der Waals surface area contributed by atoms with Gasteiger partial charge in [0.05, 0.1) is 31.5 Å².